The van der Waals surface area contributed by atoms with Crippen molar-refractivity contribution in [1.82, 2.24) is 5.32 Å². The van der Waals surface area contributed by atoms with E-state index in [0.717, 1.165) is 5.56 Å². The minimum atomic E-state index is -0.234. The zero-order valence-electron chi connectivity index (χ0n) is 18.2. The number of para-hydroxylation sites is 2. The zero-order chi connectivity index (χ0) is 22.2. The normalized spacial score (nSPS) is 10.6. The number of carbonyl (C=O) groups excluding carboxylic acids is 2. The number of rotatable bonds is 8. The van der Waals surface area contributed by atoms with Crippen LogP contribution in [0.1, 0.15) is 40.1 Å². The first-order valence-corrected chi connectivity index (χ1v) is 10.4. The standard InChI is InChI=1S/C26H28N2O3/c1-19(2)18-31-24-16-10-8-14-22(24)26(30)28(3)23-15-9-7-13-21(23)25(29)27-17-20-11-5-4-6-12-20/h4-16,19H,17-18H2,1-3H3,(H,27,29). The van der Waals surface area contributed by atoms with Crippen LogP contribution in [0.3, 0.4) is 0 Å². The number of nitrogens with zero attached hydrogens (tertiary/aromatic N) is 1. The minimum absolute atomic E-state index is 0.233. The van der Waals surface area contributed by atoms with E-state index < -0.39 is 0 Å². The summed E-state index contributed by atoms with van der Waals surface area (Å²) in [6.45, 7) is 5.05. The van der Waals surface area contributed by atoms with Crippen molar-refractivity contribution in [2.45, 2.75) is 20.4 Å². The van der Waals surface area contributed by atoms with Gasteiger partial charge >= 0.3 is 0 Å². The Bertz CT molecular complexity index is 1030. The molecule has 0 aliphatic heterocycles. The number of amides is 2. The van der Waals surface area contributed by atoms with Crippen molar-refractivity contribution in [2.24, 2.45) is 5.92 Å². The summed E-state index contributed by atoms with van der Waals surface area (Å²) in [5, 5.41) is 2.93. The van der Waals surface area contributed by atoms with Gasteiger partial charge in [-0.1, -0.05) is 68.4 Å². The SMILES string of the molecule is CC(C)COc1ccccc1C(=O)N(C)c1ccccc1C(=O)NCc1ccccc1. The van der Waals surface area contributed by atoms with Crippen LogP contribution in [0.15, 0.2) is 78.9 Å². The molecule has 3 aromatic carbocycles. The molecule has 1 N–H and O–H groups in total. The summed E-state index contributed by atoms with van der Waals surface area (Å²) < 4.78 is 5.84. The lowest BCUT2D eigenvalue weighted by molar-refractivity contribution is 0.0951. The fourth-order valence-corrected chi connectivity index (χ4v) is 3.15. The first-order valence-electron chi connectivity index (χ1n) is 10.4. The summed E-state index contributed by atoms with van der Waals surface area (Å²) in [5.41, 5.74) is 2.45. The Kier molecular flexibility index (Phi) is 7.44. The smallest absolute Gasteiger partial charge is 0.261 e. The van der Waals surface area contributed by atoms with E-state index in [2.05, 4.69) is 19.2 Å². The lowest BCUT2D eigenvalue weighted by Crippen LogP contribution is -2.31. The quantitative estimate of drug-likeness (QED) is 0.567. The first kappa shape index (κ1) is 22.1. The van der Waals surface area contributed by atoms with Gasteiger partial charge in [-0.25, -0.2) is 0 Å². The molecule has 0 spiro atoms. The van der Waals surface area contributed by atoms with E-state index in [4.69, 9.17) is 4.74 Å². The number of hydrogen-bond donors (Lipinski definition) is 1. The van der Waals surface area contributed by atoms with Gasteiger partial charge in [0.2, 0.25) is 0 Å². The van der Waals surface area contributed by atoms with E-state index in [1.165, 1.54) is 4.90 Å². The summed E-state index contributed by atoms with van der Waals surface area (Å²) in [6, 6.07) is 24.0. The monoisotopic (exact) mass is 416 g/mol. The van der Waals surface area contributed by atoms with Gasteiger partial charge in [-0.05, 0) is 35.7 Å². The average Bonchev–Trinajstić information content (AvgIpc) is 2.81. The highest BCUT2D eigenvalue weighted by molar-refractivity contribution is 6.11. The molecule has 0 aliphatic rings. The lowest BCUT2D eigenvalue weighted by Gasteiger charge is -2.22. The molecule has 160 valence electrons. The van der Waals surface area contributed by atoms with Crippen molar-refractivity contribution in [1.29, 1.82) is 0 Å². The number of anilines is 1. The third kappa shape index (κ3) is 5.72. The summed E-state index contributed by atoms with van der Waals surface area (Å²) >= 11 is 0. The molecule has 0 saturated carbocycles. The summed E-state index contributed by atoms with van der Waals surface area (Å²) in [4.78, 5) is 27.6. The van der Waals surface area contributed by atoms with E-state index in [-0.39, 0.29) is 11.8 Å². The largest absolute Gasteiger partial charge is 0.492 e. The van der Waals surface area contributed by atoms with E-state index in [1.54, 1.807) is 37.4 Å². The Morgan fingerprint density at radius 2 is 1.48 bits per heavy atom. The van der Waals surface area contributed by atoms with E-state index >= 15 is 0 Å². The Hall–Kier alpha value is -3.60. The molecule has 0 saturated heterocycles. The molecule has 0 atom stereocenters. The molecule has 5 nitrogen and oxygen atoms in total. The molecular weight excluding hydrogens is 388 g/mol. The van der Waals surface area contributed by atoms with Crippen molar-refractivity contribution in [3.05, 3.63) is 95.6 Å². The molecule has 0 bridgehead atoms. The van der Waals surface area contributed by atoms with Crippen LogP contribution in [-0.2, 0) is 6.54 Å². The van der Waals surface area contributed by atoms with Crippen LogP contribution in [-0.4, -0.2) is 25.5 Å². The Labute approximate surface area is 183 Å². The van der Waals surface area contributed by atoms with Crippen LogP contribution in [0.2, 0.25) is 0 Å². The van der Waals surface area contributed by atoms with Crippen LogP contribution in [0.25, 0.3) is 0 Å². The zero-order valence-corrected chi connectivity index (χ0v) is 18.2. The van der Waals surface area contributed by atoms with Crippen molar-refractivity contribution in [3.8, 4) is 5.75 Å². The number of carbonyl (C=O) groups is 2. The Morgan fingerprint density at radius 1 is 0.871 bits per heavy atom. The highest BCUT2D eigenvalue weighted by atomic mass is 16.5. The van der Waals surface area contributed by atoms with Crippen molar-refractivity contribution in [2.75, 3.05) is 18.6 Å². The maximum absolute atomic E-state index is 13.3. The number of nitrogens with one attached hydrogen (secondary N) is 1. The second kappa shape index (κ2) is 10.4. The van der Waals surface area contributed by atoms with Gasteiger partial charge < -0.3 is 15.0 Å². The van der Waals surface area contributed by atoms with Gasteiger partial charge in [0.15, 0.2) is 0 Å². The molecular formula is C26H28N2O3. The predicted molar refractivity (Wildman–Crippen MR) is 124 cm³/mol. The lowest BCUT2D eigenvalue weighted by atomic mass is 10.1. The van der Waals surface area contributed by atoms with Crippen LogP contribution in [0.4, 0.5) is 5.69 Å². The molecule has 3 aromatic rings. The van der Waals surface area contributed by atoms with Gasteiger partial charge in [-0.2, -0.15) is 0 Å². The summed E-state index contributed by atoms with van der Waals surface area (Å²) in [6.07, 6.45) is 0. The first-order chi connectivity index (χ1) is 15.0. The van der Waals surface area contributed by atoms with Crippen LogP contribution in [0, 0.1) is 5.92 Å². The van der Waals surface area contributed by atoms with Crippen LogP contribution in [0.5, 0.6) is 5.75 Å². The molecule has 0 fully saturated rings. The van der Waals surface area contributed by atoms with Gasteiger partial charge in [0.1, 0.15) is 5.75 Å². The topological polar surface area (TPSA) is 58.6 Å². The van der Waals surface area contributed by atoms with E-state index in [1.807, 2.05) is 48.5 Å². The molecule has 0 aromatic heterocycles. The number of hydrogen-bond acceptors (Lipinski definition) is 3. The van der Waals surface area contributed by atoms with Crippen molar-refractivity contribution >= 4 is 17.5 Å². The molecule has 0 radical (unpaired) electrons. The third-order valence-electron chi connectivity index (χ3n) is 4.80. The number of ether oxygens (including phenoxy) is 1. The fraction of sp³-hybridized carbons (Fsp3) is 0.231. The molecule has 31 heavy (non-hydrogen) atoms. The van der Waals surface area contributed by atoms with Gasteiger partial charge in [0.25, 0.3) is 11.8 Å². The predicted octanol–water partition coefficient (Wildman–Crippen LogP) is 4.93. The highest BCUT2D eigenvalue weighted by Gasteiger charge is 2.22. The molecule has 2 amide bonds. The maximum atomic E-state index is 13.3. The van der Waals surface area contributed by atoms with Crippen molar-refractivity contribution in [3.63, 3.8) is 0 Å². The van der Waals surface area contributed by atoms with Crippen molar-refractivity contribution < 1.29 is 14.3 Å². The number of benzene rings is 3. The second-order valence-corrected chi connectivity index (χ2v) is 7.75. The Morgan fingerprint density at radius 3 is 2.19 bits per heavy atom. The van der Waals surface area contributed by atoms with E-state index in [9.17, 15) is 9.59 Å². The maximum Gasteiger partial charge on any atom is 0.261 e. The molecule has 0 aliphatic carbocycles. The molecule has 5 heteroatoms. The van der Waals surface area contributed by atoms with E-state index in [0.29, 0.717) is 41.6 Å². The van der Waals surface area contributed by atoms with Gasteiger partial charge in [0.05, 0.1) is 23.4 Å². The molecule has 3 rings (SSSR count). The molecule has 0 heterocycles. The molecule has 0 unspecified atom stereocenters. The van der Waals surface area contributed by atoms with Crippen LogP contribution < -0.4 is 15.0 Å². The fourth-order valence-electron chi connectivity index (χ4n) is 3.15. The Balaban J connectivity index is 1.80. The minimum Gasteiger partial charge on any atom is -0.492 e. The summed E-state index contributed by atoms with van der Waals surface area (Å²) in [7, 11) is 1.67. The second-order valence-electron chi connectivity index (χ2n) is 7.75. The average molecular weight is 417 g/mol. The third-order valence-corrected chi connectivity index (χ3v) is 4.80. The summed E-state index contributed by atoms with van der Waals surface area (Å²) in [5.74, 6) is 0.417. The van der Waals surface area contributed by atoms with Gasteiger partial charge in [0, 0.05) is 13.6 Å². The van der Waals surface area contributed by atoms with Crippen LogP contribution >= 0.6 is 0 Å². The highest BCUT2D eigenvalue weighted by Crippen LogP contribution is 2.25. The van der Waals surface area contributed by atoms with Gasteiger partial charge in [-0.15, -0.1) is 0 Å². The van der Waals surface area contributed by atoms with Gasteiger partial charge in [-0.3, -0.25) is 9.59 Å².